The highest BCUT2D eigenvalue weighted by atomic mass is 16.4. The highest BCUT2D eigenvalue weighted by Crippen LogP contribution is 2.28. The largest absolute Gasteiger partial charge is 0.549 e. The number of aliphatic carboxylic acids is 1. The van der Waals surface area contributed by atoms with Crippen molar-refractivity contribution in [2.24, 2.45) is 11.8 Å². The van der Waals surface area contributed by atoms with Crippen molar-refractivity contribution in [2.75, 3.05) is 0 Å². The zero-order valence-corrected chi connectivity index (χ0v) is 10.0. The Kier molecular flexibility index (Phi) is 5.50. The van der Waals surface area contributed by atoms with Crippen molar-refractivity contribution < 1.29 is 14.7 Å². The Morgan fingerprint density at radius 1 is 1.25 bits per heavy atom. The highest BCUT2D eigenvalue weighted by molar-refractivity contribution is 5.95. The summed E-state index contributed by atoms with van der Waals surface area (Å²) in [4.78, 5) is 21.7. The molecule has 0 aromatic heterocycles. The summed E-state index contributed by atoms with van der Waals surface area (Å²) < 4.78 is 0. The molecule has 0 N–H and O–H groups in total. The van der Waals surface area contributed by atoms with Crippen LogP contribution in [0.25, 0.3) is 0 Å². The summed E-state index contributed by atoms with van der Waals surface area (Å²) in [6, 6.07) is 0. The number of rotatable bonds is 6. The number of Topliss-reactive ketones (excluding diaryl/α,β-unsaturated/α-hetero) is 1. The molecule has 92 valence electrons. The molecule has 1 rings (SSSR count). The fourth-order valence-corrected chi connectivity index (χ4v) is 2.57. The monoisotopic (exact) mass is 225 g/mol. The number of hydrogen-bond donors (Lipinski definition) is 0. The van der Waals surface area contributed by atoms with E-state index in [1.807, 2.05) is 0 Å². The van der Waals surface area contributed by atoms with Crippen LogP contribution in [-0.4, -0.2) is 11.8 Å². The molecular formula is C13H21O3-. The van der Waals surface area contributed by atoms with Gasteiger partial charge in [-0.25, -0.2) is 0 Å². The second-order valence-corrected chi connectivity index (χ2v) is 4.92. The topological polar surface area (TPSA) is 57.2 Å². The predicted octanol–water partition coefficient (Wildman–Crippen LogP) is 1.69. The summed E-state index contributed by atoms with van der Waals surface area (Å²) in [6.07, 6.45) is 8.86. The van der Waals surface area contributed by atoms with Gasteiger partial charge in [-0.15, -0.1) is 0 Å². The molecule has 16 heavy (non-hydrogen) atoms. The third-order valence-electron chi connectivity index (χ3n) is 3.61. The number of carboxylic acid groups (broad SMARTS) is 1. The summed E-state index contributed by atoms with van der Waals surface area (Å²) in [5.41, 5.74) is 0. The number of hydrogen-bond acceptors (Lipinski definition) is 3. The molecule has 1 unspecified atom stereocenters. The van der Waals surface area contributed by atoms with Crippen LogP contribution in [0.2, 0.25) is 0 Å². The Bertz CT molecular complexity index is 228. The molecule has 1 aliphatic rings. The fraction of sp³-hybridized carbons (Fsp3) is 0.846. The maximum atomic E-state index is 11.0. The minimum absolute atomic E-state index is 0.274. The Balaban J connectivity index is 2.22. The lowest BCUT2D eigenvalue weighted by Gasteiger charge is -2.22. The lowest BCUT2D eigenvalue weighted by molar-refractivity contribution is -0.310. The zero-order chi connectivity index (χ0) is 12.0. The van der Waals surface area contributed by atoms with Crippen molar-refractivity contribution in [3.05, 3.63) is 0 Å². The lowest BCUT2D eigenvalue weighted by Crippen LogP contribution is -2.35. The van der Waals surface area contributed by atoms with Gasteiger partial charge in [0.15, 0.2) is 0 Å². The standard InChI is InChI=1S/C13H22O3/c1-10(14)12(13(15)16)9-5-8-11-6-3-2-4-7-11/h11-12H,2-9H2,1H3,(H,15,16)/p-1. The van der Waals surface area contributed by atoms with Crippen LogP contribution in [-0.2, 0) is 9.59 Å². The quantitative estimate of drug-likeness (QED) is 0.646. The lowest BCUT2D eigenvalue weighted by atomic mass is 9.84. The van der Waals surface area contributed by atoms with E-state index in [2.05, 4.69) is 0 Å². The van der Waals surface area contributed by atoms with Crippen molar-refractivity contribution in [3.8, 4) is 0 Å². The first-order valence-electron chi connectivity index (χ1n) is 6.32. The van der Waals surface area contributed by atoms with Crippen LogP contribution in [0.4, 0.5) is 0 Å². The van der Waals surface area contributed by atoms with Crippen LogP contribution in [0.5, 0.6) is 0 Å². The van der Waals surface area contributed by atoms with E-state index >= 15 is 0 Å². The SMILES string of the molecule is CC(=O)C(CCCC1CCCCC1)C(=O)[O-]. The minimum atomic E-state index is -1.21. The molecule has 0 radical (unpaired) electrons. The Hall–Kier alpha value is -0.860. The van der Waals surface area contributed by atoms with E-state index in [0.717, 1.165) is 18.8 Å². The van der Waals surface area contributed by atoms with Gasteiger partial charge in [-0.05, 0) is 19.3 Å². The zero-order valence-electron chi connectivity index (χ0n) is 10.0. The molecule has 1 fully saturated rings. The number of carbonyl (C=O) groups excluding carboxylic acids is 2. The first-order valence-corrected chi connectivity index (χ1v) is 6.32. The molecular weight excluding hydrogens is 204 g/mol. The summed E-state index contributed by atoms with van der Waals surface area (Å²) >= 11 is 0. The van der Waals surface area contributed by atoms with Crippen molar-refractivity contribution >= 4 is 11.8 Å². The van der Waals surface area contributed by atoms with Gasteiger partial charge in [-0.1, -0.05) is 44.9 Å². The van der Waals surface area contributed by atoms with Gasteiger partial charge in [-0.3, -0.25) is 4.79 Å². The summed E-state index contributed by atoms with van der Waals surface area (Å²) in [5, 5.41) is 10.7. The summed E-state index contributed by atoms with van der Waals surface area (Å²) in [6.45, 7) is 1.33. The van der Waals surface area contributed by atoms with Gasteiger partial charge >= 0.3 is 0 Å². The molecule has 1 aliphatic carbocycles. The van der Waals surface area contributed by atoms with Gasteiger partial charge in [0.2, 0.25) is 0 Å². The minimum Gasteiger partial charge on any atom is -0.549 e. The van der Waals surface area contributed by atoms with Gasteiger partial charge in [0.25, 0.3) is 0 Å². The molecule has 3 nitrogen and oxygen atoms in total. The molecule has 0 aromatic carbocycles. The Morgan fingerprint density at radius 3 is 2.38 bits per heavy atom. The average Bonchev–Trinajstić information content (AvgIpc) is 2.24. The van der Waals surface area contributed by atoms with Crippen LogP contribution in [0.3, 0.4) is 0 Å². The van der Waals surface area contributed by atoms with E-state index in [-0.39, 0.29) is 5.78 Å². The maximum absolute atomic E-state index is 11.0. The van der Waals surface area contributed by atoms with Crippen LogP contribution in [0.1, 0.15) is 58.3 Å². The molecule has 0 bridgehead atoms. The van der Waals surface area contributed by atoms with Crippen LogP contribution >= 0.6 is 0 Å². The molecule has 0 amide bonds. The number of carboxylic acids is 1. The first-order chi connectivity index (χ1) is 7.61. The van der Waals surface area contributed by atoms with E-state index in [0.29, 0.717) is 6.42 Å². The number of carbonyl (C=O) groups is 2. The molecule has 0 spiro atoms. The van der Waals surface area contributed by atoms with Crippen molar-refractivity contribution in [3.63, 3.8) is 0 Å². The molecule has 3 heteroatoms. The van der Waals surface area contributed by atoms with Crippen molar-refractivity contribution in [2.45, 2.75) is 58.3 Å². The van der Waals surface area contributed by atoms with Gasteiger partial charge in [0, 0.05) is 0 Å². The predicted molar refractivity (Wildman–Crippen MR) is 59.6 cm³/mol. The third-order valence-corrected chi connectivity index (χ3v) is 3.61. The molecule has 0 aromatic rings. The second-order valence-electron chi connectivity index (χ2n) is 4.92. The summed E-state index contributed by atoms with van der Waals surface area (Å²) in [5.74, 6) is -1.62. The smallest absolute Gasteiger partial charge is 0.138 e. The van der Waals surface area contributed by atoms with Crippen LogP contribution in [0, 0.1) is 11.8 Å². The van der Waals surface area contributed by atoms with Gasteiger partial charge in [0.1, 0.15) is 5.78 Å². The fourth-order valence-electron chi connectivity index (χ4n) is 2.57. The Morgan fingerprint density at radius 2 is 1.88 bits per heavy atom. The molecule has 0 heterocycles. The molecule has 1 atom stereocenters. The highest BCUT2D eigenvalue weighted by Gasteiger charge is 2.17. The maximum Gasteiger partial charge on any atom is 0.138 e. The van der Waals surface area contributed by atoms with Gasteiger partial charge in [-0.2, -0.15) is 0 Å². The van der Waals surface area contributed by atoms with Gasteiger partial charge < -0.3 is 9.90 Å². The Labute approximate surface area is 97.2 Å². The molecule has 0 saturated heterocycles. The number of ketones is 1. The second kappa shape index (κ2) is 6.66. The van der Waals surface area contributed by atoms with Gasteiger partial charge in [0.05, 0.1) is 11.9 Å². The third kappa shape index (κ3) is 4.33. The van der Waals surface area contributed by atoms with Crippen LogP contribution < -0.4 is 5.11 Å². The first kappa shape index (κ1) is 13.2. The van der Waals surface area contributed by atoms with E-state index in [1.165, 1.54) is 39.0 Å². The van der Waals surface area contributed by atoms with Crippen LogP contribution in [0.15, 0.2) is 0 Å². The van der Waals surface area contributed by atoms with E-state index in [9.17, 15) is 14.7 Å². The average molecular weight is 225 g/mol. The molecule has 0 aliphatic heterocycles. The van der Waals surface area contributed by atoms with E-state index in [4.69, 9.17) is 0 Å². The van der Waals surface area contributed by atoms with E-state index in [1.54, 1.807) is 0 Å². The van der Waals surface area contributed by atoms with Crippen molar-refractivity contribution in [1.82, 2.24) is 0 Å². The summed E-state index contributed by atoms with van der Waals surface area (Å²) in [7, 11) is 0. The molecule has 1 saturated carbocycles. The van der Waals surface area contributed by atoms with E-state index < -0.39 is 11.9 Å². The normalized spacial score (nSPS) is 19.3. The van der Waals surface area contributed by atoms with Crippen molar-refractivity contribution in [1.29, 1.82) is 0 Å².